The number of quaternary nitrogens is 1. The molecule has 0 aromatic carbocycles. The normalized spacial score (nSPS) is 13.6. The molecule has 506 valence electrons. The highest BCUT2D eigenvalue weighted by Crippen LogP contribution is 2.17. The van der Waals surface area contributed by atoms with Crippen LogP contribution in [0.3, 0.4) is 0 Å². The van der Waals surface area contributed by atoms with Gasteiger partial charge in [-0.3, -0.25) is 9.59 Å². The van der Waals surface area contributed by atoms with Gasteiger partial charge in [-0.25, -0.2) is 4.79 Å². The first-order valence-electron chi connectivity index (χ1n) is 36.0. The maximum atomic E-state index is 12.9. The van der Waals surface area contributed by atoms with Crippen LogP contribution in [0.1, 0.15) is 284 Å². The monoisotopic (exact) mass is 1240 g/mol. The van der Waals surface area contributed by atoms with Crippen molar-refractivity contribution in [2.75, 3.05) is 47.5 Å². The zero-order valence-corrected chi connectivity index (χ0v) is 57.8. The van der Waals surface area contributed by atoms with Crippen molar-refractivity contribution in [3.05, 3.63) is 146 Å². The van der Waals surface area contributed by atoms with Gasteiger partial charge in [0.15, 0.2) is 6.10 Å². The van der Waals surface area contributed by atoms with Crippen molar-refractivity contribution >= 4 is 17.9 Å². The standard InChI is InChI=1S/C80H133NO8/c1-6-8-10-12-14-16-18-20-22-24-26-28-30-31-32-33-34-35-36-37-38-39-40-41-42-43-44-45-46-47-49-51-53-55-57-59-61-63-65-67-69-71-78(83)89-76(75-88-80(79(84)85)86-73-72-81(3,4)5)74-87-77(82)70-68-66-64-62-60-58-56-54-52-50-48-29-27-25-23-21-19-17-15-13-11-9-7-2/h8,10,14,16,20,22,26,28,31-32,34-35,37-38,40-41,43-44,46-47,51,53,57,59,76,80H,6-7,9,11-13,15,17-19,21,23-25,27,29-30,33,36,39,42,45,48-50,52,54-56,58,60-75H2,1-5H3/p+1/b10-8-,16-14-,22-20-,28-26-,32-31-,35-34-,38-37-,41-40-,44-43-,47-46-,53-51-,59-57-. The fourth-order valence-electron chi connectivity index (χ4n) is 9.64. The number of hydrogen-bond donors (Lipinski definition) is 1. The minimum atomic E-state index is -1.53. The minimum Gasteiger partial charge on any atom is -0.477 e. The van der Waals surface area contributed by atoms with Gasteiger partial charge in [-0.1, -0.05) is 314 Å². The maximum Gasteiger partial charge on any atom is 0.361 e. The molecule has 0 spiro atoms. The predicted octanol–water partition coefficient (Wildman–Crippen LogP) is 22.7. The van der Waals surface area contributed by atoms with Crippen molar-refractivity contribution < 1.29 is 42.9 Å². The number of carboxylic acid groups (broad SMARTS) is 1. The Morgan fingerprint density at radius 1 is 0.348 bits per heavy atom. The summed E-state index contributed by atoms with van der Waals surface area (Å²) in [6.45, 7) is 4.75. The second-order valence-corrected chi connectivity index (χ2v) is 24.8. The molecule has 1 N–H and O–H groups in total. The molecule has 2 unspecified atom stereocenters. The van der Waals surface area contributed by atoms with Crippen molar-refractivity contribution in [1.82, 2.24) is 0 Å². The van der Waals surface area contributed by atoms with E-state index in [0.717, 1.165) is 122 Å². The lowest BCUT2D eigenvalue weighted by Crippen LogP contribution is -2.40. The molecule has 0 saturated heterocycles. The quantitative estimate of drug-likeness (QED) is 0.0211. The number of nitrogens with zero attached hydrogens (tertiary/aromatic N) is 1. The number of carboxylic acids is 1. The first kappa shape index (κ1) is 84.2. The molecule has 89 heavy (non-hydrogen) atoms. The Morgan fingerprint density at radius 3 is 0.955 bits per heavy atom. The third-order valence-electron chi connectivity index (χ3n) is 15.1. The molecule has 0 bridgehead atoms. The Balaban J connectivity index is 4.21. The van der Waals surface area contributed by atoms with Crippen molar-refractivity contribution in [3.63, 3.8) is 0 Å². The van der Waals surface area contributed by atoms with Crippen LogP contribution in [0.5, 0.6) is 0 Å². The van der Waals surface area contributed by atoms with E-state index in [1.54, 1.807) is 0 Å². The average Bonchev–Trinajstić information content (AvgIpc) is 3.64. The number of carbonyl (C=O) groups is 3. The van der Waals surface area contributed by atoms with Crippen LogP contribution in [0, 0.1) is 0 Å². The van der Waals surface area contributed by atoms with E-state index in [1.165, 1.54) is 128 Å². The number of unbranched alkanes of at least 4 members (excludes halogenated alkanes) is 26. The molecule has 9 nitrogen and oxygen atoms in total. The topological polar surface area (TPSA) is 108 Å². The summed E-state index contributed by atoms with van der Waals surface area (Å²) >= 11 is 0. The molecule has 0 amide bonds. The molecule has 9 heteroatoms. The van der Waals surface area contributed by atoms with Gasteiger partial charge in [-0.05, 0) is 103 Å². The Hall–Kier alpha value is -4.83. The number of ether oxygens (including phenoxy) is 4. The summed E-state index contributed by atoms with van der Waals surface area (Å²) in [4.78, 5) is 37.6. The summed E-state index contributed by atoms with van der Waals surface area (Å²) in [5, 5.41) is 9.74. The van der Waals surface area contributed by atoms with Crippen LogP contribution in [-0.2, 0) is 33.3 Å². The van der Waals surface area contributed by atoms with Crippen LogP contribution in [0.2, 0.25) is 0 Å². The number of aliphatic carboxylic acids is 1. The van der Waals surface area contributed by atoms with E-state index in [4.69, 9.17) is 18.9 Å². The molecule has 0 radical (unpaired) electrons. The third-order valence-corrected chi connectivity index (χ3v) is 15.1. The van der Waals surface area contributed by atoms with Gasteiger partial charge in [0.1, 0.15) is 13.2 Å². The molecular formula is C80H134NO8+. The summed E-state index contributed by atoms with van der Waals surface area (Å²) < 4.78 is 22.9. The summed E-state index contributed by atoms with van der Waals surface area (Å²) in [7, 11) is 5.96. The van der Waals surface area contributed by atoms with E-state index in [9.17, 15) is 19.5 Å². The van der Waals surface area contributed by atoms with E-state index >= 15 is 0 Å². The van der Waals surface area contributed by atoms with Crippen molar-refractivity contribution in [2.45, 2.75) is 296 Å². The molecule has 0 rings (SSSR count). The van der Waals surface area contributed by atoms with Crippen LogP contribution in [0.15, 0.2) is 146 Å². The van der Waals surface area contributed by atoms with Gasteiger partial charge >= 0.3 is 17.9 Å². The number of carbonyl (C=O) groups excluding carboxylic acids is 2. The highest BCUT2D eigenvalue weighted by Gasteiger charge is 2.25. The lowest BCUT2D eigenvalue weighted by Gasteiger charge is -2.25. The molecule has 0 aromatic rings. The minimum absolute atomic E-state index is 0.177. The van der Waals surface area contributed by atoms with E-state index in [2.05, 4.69) is 160 Å². The second-order valence-electron chi connectivity index (χ2n) is 24.8. The van der Waals surface area contributed by atoms with E-state index < -0.39 is 24.3 Å². The summed E-state index contributed by atoms with van der Waals surface area (Å²) in [5.74, 6) is -2.04. The average molecular weight is 1240 g/mol. The Kier molecular flexibility index (Phi) is 65.3. The number of esters is 2. The van der Waals surface area contributed by atoms with Crippen LogP contribution in [0.25, 0.3) is 0 Å². The predicted molar refractivity (Wildman–Crippen MR) is 382 cm³/mol. The smallest absolute Gasteiger partial charge is 0.361 e. The SMILES string of the molecule is CC/C=C\C/C=C\C/C=C\C/C=C\C/C=C\C/C=C\C/C=C\C/C=C\C/C=C\C/C=C\C/C=C\C/C=C\CCCCCCC(=O)OC(COC(=O)CCCCCCCCCCCCCCCCCCCCCCCCC)COC(OCC[N+](C)(C)C)C(=O)O. The molecule has 0 heterocycles. The number of likely N-dealkylation sites (N-methyl/N-ethyl adjacent to an activating group) is 1. The number of hydrogen-bond acceptors (Lipinski definition) is 7. The summed E-state index contributed by atoms with van der Waals surface area (Å²) in [6, 6.07) is 0. The molecule has 0 aromatic heterocycles. The third kappa shape index (κ3) is 70.5. The Labute approximate surface area is 547 Å². The zero-order valence-electron chi connectivity index (χ0n) is 57.8. The lowest BCUT2D eigenvalue weighted by atomic mass is 10.0. The molecular weight excluding hydrogens is 1100 g/mol. The molecule has 0 saturated carbocycles. The molecule has 0 aliphatic rings. The molecule has 0 fully saturated rings. The van der Waals surface area contributed by atoms with Crippen molar-refractivity contribution in [3.8, 4) is 0 Å². The first-order chi connectivity index (χ1) is 43.6. The van der Waals surface area contributed by atoms with Gasteiger partial charge in [-0.2, -0.15) is 0 Å². The number of allylic oxidation sites excluding steroid dienone is 24. The van der Waals surface area contributed by atoms with Crippen molar-refractivity contribution in [2.24, 2.45) is 0 Å². The summed E-state index contributed by atoms with van der Waals surface area (Å²) in [5.41, 5.74) is 0. The largest absolute Gasteiger partial charge is 0.477 e. The summed E-state index contributed by atoms with van der Waals surface area (Å²) in [6.07, 6.45) is 98.2. The Morgan fingerprint density at radius 2 is 0.640 bits per heavy atom. The fraction of sp³-hybridized carbons (Fsp3) is 0.662. The van der Waals surface area contributed by atoms with E-state index in [-0.39, 0.29) is 32.2 Å². The van der Waals surface area contributed by atoms with Gasteiger partial charge in [0, 0.05) is 12.8 Å². The highest BCUT2D eigenvalue weighted by atomic mass is 16.7. The molecule has 0 aliphatic carbocycles. The number of rotatable bonds is 65. The first-order valence-corrected chi connectivity index (χ1v) is 36.0. The molecule has 0 aliphatic heterocycles. The zero-order chi connectivity index (χ0) is 64.7. The van der Waals surface area contributed by atoms with Gasteiger partial charge in [0.25, 0.3) is 6.29 Å². The lowest BCUT2D eigenvalue weighted by molar-refractivity contribution is -0.870. The van der Waals surface area contributed by atoms with Crippen LogP contribution in [-0.4, -0.2) is 87.4 Å². The van der Waals surface area contributed by atoms with E-state index in [0.29, 0.717) is 23.9 Å². The van der Waals surface area contributed by atoms with Crippen LogP contribution in [0.4, 0.5) is 0 Å². The van der Waals surface area contributed by atoms with Crippen LogP contribution >= 0.6 is 0 Å². The fourth-order valence-corrected chi connectivity index (χ4v) is 9.64. The highest BCUT2D eigenvalue weighted by molar-refractivity contribution is 5.71. The van der Waals surface area contributed by atoms with Gasteiger partial charge in [0.05, 0.1) is 34.4 Å². The second kappa shape index (κ2) is 69.1. The van der Waals surface area contributed by atoms with Crippen molar-refractivity contribution in [1.29, 1.82) is 0 Å². The molecule has 2 atom stereocenters. The van der Waals surface area contributed by atoms with Crippen LogP contribution < -0.4 is 0 Å². The van der Waals surface area contributed by atoms with Gasteiger partial charge in [0.2, 0.25) is 0 Å². The van der Waals surface area contributed by atoms with E-state index in [1.807, 2.05) is 21.1 Å². The van der Waals surface area contributed by atoms with Gasteiger partial charge < -0.3 is 28.5 Å². The maximum absolute atomic E-state index is 12.9. The Bertz CT molecular complexity index is 1970. The van der Waals surface area contributed by atoms with Gasteiger partial charge in [-0.15, -0.1) is 0 Å².